The van der Waals surface area contributed by atoms with E-state index in [2.05, 4.69) is 5.32 Å². The Morgan fingerprint density at radius 3 is 2.48 bits per heavy atom. The molecule has 2 aromatic rings. The third kappa shape index (κ3) is 4.14. The Morgan fingerprint density at radius 1 is 1.13 bits per heavy atom. The number of rotatable bonds is 5. The van der Waals surface area contributed by atoms with Gasteiger partial charge in [0.25, 0.3) is 5.24 Å². The van der Waals surface area contributed by atoms with Crippen molar-refractivity contribution in [2.45, 2.75) is 45.0 Å². The van der Waals surface area contributed by atoms with Gasteiger partial charge in [0.15, 0.2) is 5.60 Å². The first-order chi connectivity index (χ1) is 14.7. The number of hydrogen-bond donors (Lipinski definition) is 2. The summed E-state index contributed by atoms with van der Waals surface area (Å²) in [5.74, 6) is 1.54. The Morgan fingerprint density at radius 2 is 1.84 bits per heavy atom. The van der Waals surface area contributed by atoms with Crippen molar-refractivity contribution in [2.75, 3.05) is 6.61 Å². The van der Waals surface area contributed by atoms with E-state index in [0.717, 1.165) is 45.3 Å². The number of hydrogen-bond acceptors (Lipinski definition) is 6. The first-order valence-corrected chi connectivity index (χ1v) is 11.0. The van der Waals surface area contributed by atoms with E-state index in [1.165, 1.54) is 0 Å². The number of ether oxygens (including phenoxy) is 2. The molecule has 7 heteroatoms. The van der Waals surface area contributed by atoms with Crippen molar-refractivity contribution in [1.82, 2.24) is 5.32 Å². The molecular weight excluding hydrogens is 414 g/mol. The molecule has 2 aromatic carbocycles. The van der Waals surface area contributed by atoms with E-state index in [-0.39, 0.29) is 16.4 Å². The van der Waals surface area contributed by atoms with Gasteiger partial charge in [0.05, 0.1) is 5.25 Å². The second-order valence-electron chi connectivity index (χ2n) is 8.23. The summed E-state index contributed by atoms with van der Waals surface area (Å²) in [4.78, 5) is 23.0. The van der Waals surface area contributed by atoms with Crippen molar-refractivity contribution in [3.63, 3.8) is 0 Å². The molecule has 1 saturated heterocycles. The highest BCUT2D eigenvalue weighted by molar-refractivity contribution is 8.15. The lowest BCUT2D eigenvalue weighted by Gasteiger charge is -2.33. The molecule has 0 saturated carbocycles. The van der Waals surface area contributed by atoms with Crippen molar-refractivity contribution in [3.8, 4) is 17.2 Å². The van der Waals surface area contributed by atoms with E-state index < -0.39 is 5.60 Å². The van der Waals surface area contributed by atoms with Crippen molar-refractivity contribution in [3.05, 3.63) is 58.2 Å². The largest absolute Gasteiger partial charge is 0.507 e. The van der Waals surface area contributed by atoms with Crippen LogP contribution in [0.2, 0.25) is 0 Å². The fourth-order valence-electron chi connectivity index (χ4n) is 3.76. The van der Waals surface area contributed by atoms with Crippen LogP contribution in [0, 0.1) is 20.8 Å². The SMILES string of the molecule is Cc1c(C)c2c(c(C)c1O)C=CC(C)(COc1ccc(CC3SC(=O)NC3=O)cc1)O2. The minimum absolute atomic E-state index is 0.237. The number of carbonyl (C=O) groups excluding carboxylic acids is 2. The molecule has 2 heterocycles. The first kappa shape index (κ1) is 21.3. The number of thioether (sulfide) groups is 1. The smallest absolute Gasteiger partial charge is 0.286 e. The average Bonchev–Trinajstić information content (AvgIpc) is 3.06. The summed E-state index contributed by atoms with van der Waals surface area (Å²) < 4.78 is 12.3. The molecule has 0 bridgehead atoms. The molecule has 4 rings (SSSR count). The summed E-state index contributed by atoms with van der Waals surface area (Å²) in [5, 5.41) is 11.9. The van der Waals surface area contributed by atoms with Gasteiger partial charge < -0.3 is 14.6 Å². The molecule has 2 atom stereocenters. The quantitative estimate of drug-likeness (QED) is 0.716. The molecule has 2 unspecified atom stereocenters. The number of phenols is 1. The predicted molar refractivity (Wildman–Crippen MR) is 121 cm³/mol. The summed E-state index contributed by atoms with van der Waals surface area (Å²) in [6.45, 7) is 8.00. The molecule has 162 valence electrons. The van der Waals surface area contributed by atoms with Crippen LogP contribution in [-0.4, -0.2) is 33.7 Å². The number of phenolic OH excluding ortho intramolecular Hbond substituents is 1. The van der Waals surface area contributed by atoms with Gasteiger partial charge >= 0.3 is 0 Å². The Labute approximate surface area is 185 Å². The summed E-state index contributed by atoms with van der Waals surface area (Å²) in [7, 11) is 0. The predicted octanol–water partition coefficient (Wildman–Crippen LogP) is 4.45. The Balaban J connectivity index is 1.42. The number of amides is 2. The summed E-state index contributed by atoms with van der Waals surface area (Å²) in [6.07, 6.45) is 4.43. The van der Waals surface area contributed by atoms with Crippen molar-refractivity contribution >= 4 is 29.0 Å². The van der Waals surface area contributed by atoms with E-state index in [0.29, 0.717) is 24.5 Å². The van der Waals surface area contributed by atoms with Gasteiger partial charge in [-0.05, 0) is 69.0 Å². The maximum absolute atomic E-state index is 11.7. The molecule has 6 nitrogen and oxygen atoms in total. The van der Waals surface area contributed by atoms with Crippen LogP contribution in [0.4, 0.5) is 4.79 Å². The van der Waals surface area contributed by atoms with Gasteiger partial charge in [0.1, 0.15) is 23.9 Å². The summed E-state index contributed by atoms with van der Waals surface area (Å²) >= 11 is 1.03. The van der Waals surface area contributed by atoms with Crippen molar-refractivity contribution in [2.24, 2.45) is 0 Å². The molecule has 0 radical (unpaired) electrons. The lowest BCUT2D eigenvalue weighted by Crippen LogP contribution is -2.39. The molecule has 0 aromatic heterocycles. The van der Waals surface area contributed by atoms with Crippen LogP contribution in [0.1, 0.15) is 34.7 Å². The zero-order chi connectivity index (χ0) is 22.3. The minimum atomic E-state index is -0.648. The average molecular weight is 440 g/mol. The third-order valence-corrected chi connectivity index (χ3v) is 6.82. The van der Waals surface area contributed by atoms with Gasteiger partial charge in [-0.1, -0.05) is 30.0 Å². The number of nitrogens with one attached hydrogen (secondary N) is 1. The highest BCUT2D eigenvalue weighted by atomic mass is 32.2. The van der Waals surface area contributed by atoms with Crippen LogP contribution in [0.15, 0.2) is 30.3 Å². The highest BCUT2D eigenvalue weighted by Gasteiger charge is 2.32. The van der Waals surface area contributed by atoms with Crippen LogP contribution in [0.3, 0.4) is 0 Å². The second kappa shape index (κ2) is 7.96. The lowest BCUT2D eigenvalue weighted by atomic mass is 9.92. The molecule has 0 aliphatic carbocycles. The molecule has 1 fully saturated rings. The Kier molecular flexibility index (Phi) is 5.47. The van der Waals surface area contributed by atoms with E-state index in [4.69, 9.17) is 9.47 Å². The van der Waals surface area contributed by atoms with Crippen molar-refractivity contribution in [1.29, 1.82) is 0 Å². The number of aromatic hydroxyl groups is 1. The van der Waals surface area contributed by atoms with Crippen LogP contribution in [0.25, 0.3) is 6.08 Å². The topological polar surface area (TPSA) is 84.9 Å². The van der Waals surface area contributed by atoms with Crippen LogP contribution < -0.4 is 14.8 Å². The Hall–Kier alpha value is -2.93. The van der Waals surface area contributed by atoms with Crippen LogP contribution in [-0.2, 0) is 11.2 Å². The monoisotopic (exact) mass is 439 g/mol. The van der Waals surface area contributed by atoms with Crippen LogP contribution in [0.5, 0.6) is 17.2 Å². The van der Waals surface area contributed by atoms with Gasteiger partial charge in [-0.25, -0.2) is 0 Å². The third-order valence-electron chi connectivity index (χ3n) is 5.84. The minimum Gasteiger partial charge on any atom is -0.507 e. The van der Waals surface area contributed by atoms with Crippen molar-refractivity contribution < 1.29 is 24.2 Å². The van der Waals surface area contributed by atoms with E-state index in [9.17, 15) is 14.7 Å². The number of benzene rings is 2. The molecule has 2 aliphatic rings. The maximum Gasteiger partial charge on any atom is 0.286 e. The van der Waals surface area contributed by atoms with E-state index in [1.54, 1.807) is 0 Å². The molecule has 2 aliphatic heterocycles. The van der Waals surface area contributed by atoms with Gasteiger partial charge in [-0.3, -0.25) is 14.9 Å². The lowest BCUT2D eigenvalue weighted by molar-refractivity contribution is -0.118. The molecule has 2 N–H and O–H groups in total. The fourth-order valence-corrected chi connectivity index (χ4v) is 4.62. The number of carbonyl (C=O) groups is 2. The Bertz CT molecular complexity index is 1090. The zero-order valence-electron chi connectivity index (χ0n) is 17.9. The molecule has 31 heavy (non-hydrogen) atoms. The fraction of sp³-hybridized carbons (Fsp3) is 0.333. The second-order valence-corrected chi connectivity index (χ2v) is 9.41. The van der Waals surface area contributed by atoms with E-state index >= 15 is 0 Å². The molecule has 2 amide bonds. The van der Waals surface area contributed by atoms with Gasteiger partial charge in [-0.2, -0.15) is 0 Å². The maximum atomic E-state index is 11.7. The van der Waals surface area contributed by atoms with Gasteiger partial charge in [0, 0.05) is 11.1 Å². The summed E-state index contributed by atoms with van der Waals surface area (Å²) in [5.41, 5.74) is 3.76. The van der Waals surface area contributed by atoms with Gasteiger partial charge in [-0.15, -0.1) is 0 Å². The highest BCUT2D eigenvalue weighted by Crippen LogP contribution is 2.42. The number of fused-ring (bicyclic) bond motifs is 1. The van der Waals surface area contributed by atoms with Gasteiger partial charge in [0.2, 0.25) is 5.91 Å². The van der Waals surface area contributed by atoms with Crippen LogP contribution >= 0.6 is 11.8 Å². The standard InChI is InChI=1S/C24H25NO5S/c1-13-14(2)21-18(15(3)20(13)26)9-10-24(4,30-21)12-29-17-7-5-16(6-8-17)11-19-22(27)25-23(28)31-19/h5-10,19,26H,11-12H2,1-4H3,(H,25,27,28). The number of imide groups is 1. The molecule has 0 spiro atoms. The molecular formula is C24H25NO5S. The first-order valence-electron chi connectivity index (χ1n) is 10.1. The van der Waals surface area contributed by atoms with E-state index in [1.807, 2.05) is 64.1 Å². The normalized spacial score (nSPS) is 22.1. The summed E-state index contributed by atoms with van der Waals surface area (Å²) in [6, 6.07) is 7.52. The zero-order valence-corrected chi connectivity index (χ0v) is 18.8.